The van der Waals surface area contributed by atoms with Crippen LogP contribution in [0.4, 0.5) is 0 Å². The molecule has 2 atom stereocenters. The fourth-order valence-corrected chi connectivity index (χ4v) is 2.66. The van der Waals surface area contributed by atoms with Crippen LogP contribution in [0.2, 0.25) is 5.02 Å². The predicted octanol–water partition coefficient (Wildman–Crippen LogP) is 3.71. The van der Waals surface area contributed by atoms with E-state index in [1.165, 1.54) is 11.1 Å². The highest BCUT2D eigenvalue weighted by molar-refractivity contribution is 6.30. The minimum absolute atomic E-state index is 0.378. The van der Waals surface area contributed by atoms with Gasteiger partial charge in [-0.25, -0.2) is 0 Å². The number of nitrogens with two attached hydrogens (primary N) is 1. The van der Waals surface area contributed by atoms with Gasteiger partial charge in [0, 0.05) is 10.6 Å². The molecule has 2 aromatic carbocycles. The number of rotatable bonds is 3. The topological polar surface area (TPSA) is 43.1 Å². The summed E-state index contributed by atoms with van der Waals surface area (Å²) in [5.74, 6) is 0.733. The molecule has 19 heavy (non-hydrogen) atoms. The zero-order chi connectivity index (χ0) is 13.4. The molecule has 3 heteroatoms. The van der Waals surface area contributed by atoms with Crippen molar-refractivity contribution in [3.63, 3.8) is 0 Å². The van der Waals surface area contributed by atoms with Crippen molar-refractivity contribution in [3.8, 4) is 0 Å². The second-order valence-corrected chi connectivity index (χ2v) is 5.42. The molecule has 0 spiro atoms. The first-order chi connectivity index (χ1) is 9.15. The summed E-state index contributed by atoms with van der Waals surface area (Å²) in [6, 6.07) is 15.6. The van der Waals surface area contributed by atoms with Gasteiger partial charge in [-0.1, -0.05) is 35.9 Å². The van der Waals surface area contributed by atoms with E-state index >= 15 is 0 Å². The average molecular weight is 272 g/mol. The number of halogens is 1. The third-order valence-electron chi connectivity index (χ3n) is 3.71. The van der Waals surface area contributed by atoms with Crippen LogP contribution in [0.25, 0.3) is 0 Å². The van der Waals surface area contributed by atoms with Gasteiger partial charge in [0.15, 0.2) is 0 Å². The molecule has 1 aliphatic carbocycles. The van der Waals surface area contributed by atoms with Crippen LogP contribution < -0.4 is 5.73 Å². The molecule has 96 valence electrons. The Morgan fingerprint density at radius 2 is 1.42 bits per heavy atom. The fourth-order valence-electron chi connectivity index (χ4n) is 2.54. The quantitative estimate of drug-likeness (QED) is 0.909. The third-order valence-corrected chi connectivity index (χ3v) is 3.96. The van der Waals surface area contributed by atoms with E-state index < -0.39 is 0 Å². The van der Waals surface area contributed by atoms with E-state index in [2.05, 4.69) is 12.1 Å². The van der Waals surface area contributed by atoms with Gasteiger partial charge in [0.1, 0.15) is 0 Å². The van der Waals surface area contributed by atoms with E-state index in [9.17, 15) is 4.79 Å². The van der Waals surface area contributed by atoms with Crippen LogP contribution in [-0.2, 0) is 0 Å². The van der Waals surface area contributed by atoms with Crippen molar-refractivity contribution >= 4 is 17.5 Å². The van der Waals surface area contributed by atoms with Crippen molar-refractivity contribution < 1.29 is 4.79 Å². The average Bonchev–Trinajstić information content (AvgIpc) is 3.20. The summed E-state index contributed by atoms with van der Waals surface area (Å²) in [6.45, 7) is 0. The molecule has 1 fully saturated rings. The summed E-state index contributed by atoms with van der Waals surface area (Å²) in [6.07, 6.45) is 1.15. The molecule has 3 rings (SSSR count). The standard InChI is InChI=1S/C16H14ClNO/c17-13-7-5-11(6-8-13)15-9-14(15)10-1-3-12(4-2-10)16(18)19/h1-8,14-15H,9H2,(H2,18,19). The maximum atomic E-state index is 11.0. The van der Waals surface area contributed by atoms with Crippen molar-refractivity contribution in [2.75, 3.05) is 0 Å². The summed E-state index contributed by atoms with van der Waals surface area (Å²) in [7, 11) is 0. The molecule has 1 aliphatic rings. The van der Waals surface area contributed by atoms with Crippen LogP contribution >= 0.6 is 11.6 Å². The van der Waals surface area contributed by atoms with E-state index in [1.54, 1.807) is 12.1 Å². The van der Waals surface area contributed by atoms with E-state index in [0.717, 1.165) is 11.4 Å². The van der Waals surface area contributed by atoms with E-state index in [4.69, 9.17) is 17.3 Å². The zero-order valence-electron chi connectivity index (χ0n) is 10.3. The molecule has 0 aliphatic heterocycles. The molecular formula is C16H14ClNO. The Morgan fingerprint density at radius 3 is 1.89 bits per heavy atom. The molecule has 2 N–H and O–H groups in total. The Labute approximate surface area is 117 Å². The number of carbonyl (C=O) groups excluding carboxylic acids is 1. The van der Waals surface area contributed by atoms with Crippen molar-refractivity contribution in [2.45, 2.75) is 18.3 Å². The van der Waals surface area contributed by atoms with Gasteiger partial charge in [-0.05, 0) is 53.6 Å². The Balaban J connectivity index is 1.75. The van der Waals surface area contributed by atoms with Gasteiger partial charge < -0.3 is 5.73 Å². The van der Waals surface area contributed by atoms with Crippen LogP contribution in [0.5, 0.6) is 0 Å². The van der Waals surface area contributed by atoms with Crippen molar-refractivity contribution in [1.82, 2.24) is 0 Å². The highest BCUT2D eigenvalue weighted by atomic mass is 35.5. The maximum Gasteiger partial charge on any atom is 0.248 e. The first-order valence-electron chi connectivity index (χ1n) is 6.30. The number of amides is 1. The lowest BCUT2D eigenvalue weighted by atomic mass is 10.0. The van der Waals surface area contributed by atoms with Crippen molar-refractivity contribution in [1.29, 1.82) is 0 Å². The van der Waals surface area contributed by atoms with Crippen LogP contribution in [0.1, 0.15) is 39.7 Å². The van der Waals surface area contributed by atoms with E-state index in [1.807, 2.05) is 24.3 Å². The molecule has 2 unspecified atom stereocenters. The molecular weight excluding hydrogens is 258 g/mol. The van der Waals surface area contributed by atoms with Gasteiger partial charge >= 0.3 is 0 Å². The molecule has 0 saturated heterocycles. The van der Waals surface area contributed by atoms with E-state index in [-0.39, 0.29) is 5.91 Å². The highest BCUT2D eigenvalue weighted by Gasteiger charge is 2.39. The molecule has 0 bridgehead atoms. The normalized spacial score (nSPS) is 21.1. The summed E-state index contributed by atoms with van der Waals surface area (Å²) in [5.41, 5.74) is 8.39. The second-order valence-electron chi connectivity index (χ2n) is 4.99. The SMILES string of the molecule is NC(=O)c1ccc(C2CC2c2ccc(Cl)cc2)cc1. The number of benzene rings is 2. The molecule has 2 nitrogen and oxygen atoms in total. The summed E-state index contributed by atoms with van der Waals surface area (Å²) in [5, 5.41) is 0.770. The van der Waals surface area contributed by atoms with Gasteiger partial charge in [-0.2, -0.15) is 0 Å². The summed E-state index contributed by atoms with van der Waals surface area (Å²) >= 11 is 5.89. The first kappa shape index (κ1) is 12.2. The van der Waals surface area contributed by atoms with Gasteiger partial charge in [0.05, 0.1) is 0 Å². The largest absolute Gasteiger partial charge is 0.366 e. The van der Waals surface area contributed by atoms with Crippen molar-refractivity contribution in [3.05, 3.63) is 70.2 Å². The number of hydrogen-bond acceptors (Lipinski definition) is 1. The number of primary amides is 1. The summed E-state index contributed by atoms with van der Waals surface area (Å²) < 4.78 is 0. The summed E-state index contributed by atoms with van der Waals surface area (Å²) in [4.78, 5) is 11.0. The Morgan fingerprint density at radius 1 is 0.947 bits per heavy atom. The van der Waals surface area contributed by atoms with Gasteiger partial charge in [0.25, 0.3) is 0 Å². The molecule has 0 radical (unpaired) electrons. The van der Waals surface area contributed by atoms with Gasteiger partial charge in [-0.15, -0.1) is 0 Å². The molecule has 1 saturated carbocycles. The monoisotopic (exact) mass is 271 g/mol. The van der Waals surface area contributed by atoms with Crippen LogP contribution in [-0.4, -0.2) is 5.91 Å². The third kappa shape index (κ3) is 2.49. The molecule has 0 aromatic heterocycles. The van der Waals surface area contributed by atoms with Gasteiger partial charge in [0.2, 0.25) is 5.91 Å². The lowest BCUT2D eigenvalue weighted by molar-refractivity contribution is 0.100. The zero-order valence-corrected chi connectivity index (χ0v) is 11.1. The highest BCUT2D eigenvalue weighted by Crippen LogP contribution is 2.54. The number of carbonyl (C=O) groups is 1. The Hall–Kier alpha value is -1.80. The molecule has 0 heterocycles. The number of hydrogen-bond donors (Lipinski definition) is 1. The van der Waals surface area contributed by atoms with Crippen LogP contribution in [0.15, 0.2) is 48.5 Å². The molecule has 2 aromatic rings. The first-order valence-corrected chi connectivity index (χ1v) is 6.68. The lowest BCUT2D eigenvalue weighted by Crippen LogP contribution is -2.10. The van der Waals surface area contributed by atoms with Crippen molar-refractivity contribution in [2.24, 2.45) is 5.73 Å². The smallest absolute Gasteiger partial charge is 0.248 e. The lowest BCUT2D eigenvalue weighted by Gasteiger charge is -2.03. The maximum absolute atomic E-state index is 11.0. The van der Waals surface area contributed by atoms with Gasteiger partial charge in [-0.3, -0.25) is 4.79 Å². The predicted molar refractivity (Wildman–Crippen MR) is 76.5 cm³/mol. The molecule has 1 amide bonds. The van der Waals surface area contributed by atoms with E-state index in [0.29, 0.717) is 17.4 Å². The fraction of sp³-hybridized carbons (Fsp3) is 0.188. The Bertz CT molecular complexity index is 604. The Kier molecular flexibility index (Phi) is 3.03. The minimum atomic E-state index is -0.378. The minimum Gasteiger partial charge on any atom is -0.366 e. The van der Waals surface area contributed by atoms with Crippen LogP contribution in [0, 0.1) is 0 Å². The van der Waals surface area contributed by atoms with Crippen LogP contribution in [0.3, 0.4) is 0 Å². The second kappa shape index (κ2) is 4.71.